The lowest BCUT2D eigenvalue weighted by Gasteiger charge is -2.39. The molecule has 2 aliphatic heterocycles. The summed E-state index contributed by atoms with van der Waals surface area (Å²) in [7, 11) is 0. The van der Waals surface area contributed by atoms with Gasteiger partial charge in [-0.1, -0.05) is 133 Å². The molecule has 0 N–H and O–H groups in total. The summed E-state index contributed by atoms with van der Waals surface area (Å²) in [6.45, 7) is 8.04. The normalized spacial score (nSPS) is 14.2. The third-order valence-corrected chi connectivity index (χ3v) is 20.3. The van der Waals surface area contributed by atoms with Crippen molar-refractivity contribution in [1.29, 1.82) is 5.26 Å². The van der Waals surface area contributed by atoms with E-state index in [-0.39, 0.29) is 0 Å². The van der Waals surface area contributed by atoms with Gasteiger partial charge in [0.05, 0.1) is 114 Å². The number of hydrogen-bond donors (Lipinski definition) is 0. The highest BCUT2D eigenvalue weighted by atomic mass is 16.5. The Morgan fingerprint density at radius 3 is 1.21 bits per heavy atom. The average molecular weight is 1230 g/mol. The van der Waals surface area contributed by atoms with Crippen LogP contribution in [0.25, 0.3) is 126 Å². The largest absolute Gasteiger partial charge is 0.457 e. The van der Waals surface area contributed by atoms with Crippen molar-refractivity contribution in [1.82, 2.24) is 28.2 Å². The van der Waals surface area contributed by atoms with Crippen LogP contribution in [0.2, 0.25) is 0 Å². The minimum absolute atomic E-state index is 0.577. The van der Waals surface area contributed by atoms with E-state index in [1.807, 2.05) is 60.9 Å². The van der Waals surface area contributed by atoms with Crippen molar-refractivity contribution in [2.24, 2.45) is 0 Å². The van der Waals surface area contributed by atoms with E-state index in [0.29, 0.717) is 22.7 Å². The van der Waals surface area contributed by atoms with Crippen LogP contribution in [0.4, 0.5) is 22.7 Å². The molecule has 6 aromatic heterocycles. The summed E-state index contributed by atoms with van der Waals surface area (Å²) in [6, 6.07) is 98.4. The highest BCUT2D eigenvalue weighted by molar-refractivity contribution is 6.14. The standard InChI is InChI=1S/C85H47N9O2/c1-87-51-31-38-75-63(41-51)60-19-5-11-25-73(60)94(75)56-44-68-84(89-49-56)83-67(43-55(48-88-83)93-72-24-10-4-18-59(72)62-40-50(47-86)30-37-74(62)93)85(68)65-35-32-53(90-69-21-7-2-16-57(69)58-17-3-8-22-70(58)90)45-81(65)96-82-46-54(33-36-66(82)85)91-71-23-9-6-20-61(71)64-42-52(34-39-76(64)91)92-77-26-12-14-28-79(77)95-80-29-15-13-27-78(80)92/h2-46,48-49H. The van der Waals surface area contributed by atoms with Crippen molar-refractivity contribution in [3.05, 3.63) is 325 Å². The number of para-hydroxylation sites is 9. The highest BCUT2D eigenvalue weighted by Gasteiger charge is 2.53. The van der Waals surface area contributed by atoms with Gasteiger partial charge in [-0.25, -0.2) is 4.85 Å². The Kier molecular flexibility index (Phi) is 10.5. The predicted octanol–water partition coefficient (Wildman–Crippen LogP) is 21.3. The molecule has 96 heavy (non-hydrogen) atoms. The summed E-state index contributed by atoms with van der Waals surface area (Å²) in [5.41, 5.74) is 20.1. The van der Waals surface area contributed by atoms with Crippen LogP contribution in [0.1, 0.15) is 27.8 Å². The molecule has 3 aliphatic rings. The van der Waals surface area contributed by atoms with Crippen molar-refractivity contribution in [2.75, 3.05) is 4.90 Å². The maximum atomic E-state index is 10.2. The molecule has 0 saturated heterocycles. The molecule has 1 unspecified atom stereocenters. The lowest BCUT2D eigenvalue weighted by molar-refractivity contribution is 0.436. The lowest BCUT2D eigenvalue weighted by Crippen LogP contribution is -2.32. The minimum Gasteiger partial charge on any atom is -0.457 e. The zero-order chi connectivity index (χ0) is 63.1. The molecule has 11 heteroatoms. The fourth-order valence-corrected chi connectivity index (χ4v) is 16.4. The summed E-state index contributed by atoms with van der Waals surface area (Å²) in [4.78, 5) is 17.4. The fraction of sp³-hybridized carbons (Fsp3) is 0.0118. The molecule has 0 bridgehead atoms. The van der Waals surface area contributed by atoms with E-state index in [0.717, 1.165) is 172 Å². The summed E-state index contributed by atoms with van der Waals surface area (Å²) in [5, 5.41) is 18.8. The van der Waals surface area contributed by atoms with Crippen LogP contribution in [0.15, 0.2) is 285 Å². The van der Waals surface area contributed by atoms with Gasteiger partial charge in [0.2, 0.25) is 0 Å². The Morgan fingerprint density at radius 2 is 0.719 bits per heavy atom. The van der Waals surface area contributed by atoms with Crippen LogP contribution in [-0.2, 0) is 5.41 Å². The molecule has 12 aromatic carbocycles. The van der Waals surface area contributed by atoms with Crippen LogP contribution in [0, 0.1) is 17.9 Å². The molecule has 444 valence electrons. The first-order valence-electron chi connectivity index (χ1n) is 32.0. The summed E-state index contributed by atoms with van der Waals surface area (Å²) in [5.74, 6) is 2.97. The van der Waals surface area contributed by atoms with Crippen LogP contribution in [0.3, 0.4) is 0 Å². The van der Waals surface area contributed by atoms with Crippen LogP contribution >= 0.6 is 0 Å². The third kappa shape index (κ3) is 6.96. The van der Waals surface area contributed by atoms with Crippen molar-refractivity contribution < 1.29 is 9.47 Å². The predicted molar refractivity (Wildman–Crippen MR) is 383 cm³/mol. The lowest BCUT2D eigenvalue weighted by atomic mass is 9.66. The fourth-order valence-electron chi connectivity index (χ4n) is 16.4. The van der Waals surface area contributed by atoms with Gasteiger partial charge in [0.1, 0.15) is 11.5 Å². The number of hydrogen-bond acceptors (Lipinski definition) is 6. The Bertz CT molecular complexity index is 6330. The number of rotatable bonds is 5. The van der Waals surface area contributed by atoms with Crippen molar-refractivity contribution in [3.8, 4) is 63.2 Å². The van der Waals surface area contributed by atoms with Crippen LogP contribution in [0.5, 0.6) is 23.0 Å². The zero-order valence-corrected chi connectivity index (χ0v) is 51.0. The Morgan fingerprint density at radius 1 is 0.333 bits per heavy atom. The molecule has 1 atom stereocenters. The number of benzene rings is 12. The second kappa shape index (κ2) is 19.3. The second-order valence-corrected chi connectivity index (χ2v) is 25.1. The zero-order valence-electron chi connectivity index (χ0n) is 51.0. The van der Waals surface area contributed by atoms with Gasteiger partial charge in [-0.3, -0.25) is 9.97 Å². The molecular weight excluding hydrogens is 1180 g/mol. The molecule has 8 heterocycles. The summed E-state index contributed by atoms with van der Waals surface area (Å²) in [6.07, 6.45) is 3.95. The van der Waals surface area contributed by atoms with Gasteiger partial charge >= 0.3 is 0 Å². The maximum Gasteiger partial charge on any atom is 0.188 e. The monoisotopic (exact) mass is 1230 g/mol. The third-order valence-electron chi connectivity index (χ3n) is 20.3. The number of nitrogens with zero attached hydrogens (tertiary/aromatic N) is 9. The van der Waals surface area contributed by atoms with E-state index < -0.39 is 5.41 Å². The average Bonchev–Trinajstić information content (AvgIpc) is 1.46. The Labute approximate surface area is 548 Å². The quantitative estimate of drug-likeness (QED) is 0.159. The van der Waals surface area contributed by atoms with Crippen molar-refractivity contribution in [3.63, 3.8) is 0 Å². The molecule has 1 aliphatic carbocycles. The number of aromatic nitrogens is 6. The van der Waals surface area contributed by atoms with E-state index >= 15 is 0 Å². The van der Waals surface area contributed by atoms with Crippen molar-refractivity contribution in [2.45, 2.75) is 5.41 Å². The van der Waals surface area contributed by atoms with Gasteiger partial charge in [-0.05, 0) is 133 Å². The molecule has 0 saturated carbocycles. The molecular formula is C85H47N9O2. The number of anilines is 3. The van der Waals surface area contributed by atoms with E-state index in [4.69, 9.17) is 26.0 Å². The van der Waals surface area contributed by atoms with E-state index in [1.54, 1.807) is 0 Å². The van der Waals surface area contributed by atoms with Crippen LogP contribution < -0.4 is 14.4 Å². The van der Waals surface area contributed by atoms with Gasteiger partial charge in [-0.2, -0.15) is 5.26 Å². The van der Waals surface area contributed by atoms with Crippen LogP contribution in [-0.4, -0.2) is 28.2 Å². The van der Waals surface area contributed by atoms with Crippen molar-refractivity contribution >= 4 is 110 Å². The molecule has 21 rings (SSSR count). The molecule has 0 radical (unpaired) electrons. The SMILES string of the molecule is [C-]#[N+]c1ccc2c(c1)c1ccccc1n2-c1cnc2c(c1)C1(c3ccc(-n4c5ccccc5c5ccccc54)cc3Oc3cc(-n4c5ccccc5c5cc(N6c7ccccc7Oc7ccccc76)ccc54)ccc31)c1cc(-n3c4ccccc4c4cc(C#N)ccc43)cnc1-2. The molecule has 0 amide bonds. The second-order valence-electron chi connectivity index (χ2n) is 25.1. The Balaban J connectivity index is 0.848. The molecule has 1 spiro atoms. The number of pyridine rings is 2. The first-order chi connectivity index (χ1) is 47.5. The van der Waals surface area contributed by atoms with Gasteiger partial charge in [0.25, 0.3) is 0 Å². The van der Waals surface area contributed by atoms with Gasteiger partial charge < -0.3 is 32.6 Å². The van der Waals surface area contributed by atoms with E-state index in [2.05, 4.69) is 259 Å². The summed E-state index contributed by atoms with van der Waals surface area (Å²) < 4.78 is 23.5. The Hall–Kier alpha value is -13.5. The first-order valence-corrected chi connectivity index (χ1v) is 32.0. The van der Waals surface area contributed by atoms with Gasteiger partial charge in [0.15, 0.2) is 17.2 Å². The molecule has 11 nitrogen and oxygen atoms in total. The molecule has 18 aromatic rings. The first kappa shape index (κ1) is 52.2. The summed E-state index contributed by atoms with van der Waals surface area (Å²) >= 11 is 0. The van der Waals surface area contributed by atoms with Gasteiger partial charge in [-0.15, -0.1) is 0 Å². The topological polar surface area (TPSA) is 95.4 Å². The minimum atomic E-state index is -1.11. The highest BCUT2D eigenvalue weighted by Crippen LogP contribution is 2.63. The van der Waals surface area contributed by atoms with E-state index in [1.165, 1.54) is 0 Å². The number of nitriles is 1. The van der Waals surface area contributed by atoms with E-state index in [9.17, 15) is 5.26 Å². The number of fused-ring (bicyclic) bond motifs is 23. The number of ether oxygens (including phenoxy) is 2. The maximum absolute atomic E-state index is 10.2. The van der Waals surface area contributed by atoms with Gasteiger partial charge in [0, 0.05) is 89.2 Å². The molecule has 0 fully saturated rings. The smallest absolute Gasteiger partial charge is 0.188 e.